The van der Waals surface area contributed by atoms with Crippen LogP contribution in [0.25, 0.3) is 0 Å². The van der Waals surface area contributed by atoms with E-state index in [9.17, 15) is 13.2 Å². The van der Waals surface area contributed by atoms with E-state index in [0.29, 0.717) is 5.82 Å². The van der Waals surface area contributed by atoms with Gasteiger partial charge in [0.2, 0.25) is 0 Å². The van der Waals surface area contributed by atoms with Crippen LogP contribution in [0.15, 0.2) is 18.3 Å². The molecule has 0 radical (unpaired) electrons. The minimum absolute atomic E-state index is 0.0911. The van der Waals surface area contributed by atoms with Crippen LogP contribution >= 0.6 is 0 Å². The van der Waals surface area contributed by atoms with E-state index < -0.39 is 17.5 Å². The van der Waals surface area contributed by atoms with Gasteiger partial charge in [0.05, 0.1) is 12.7 Å². The Balaban J connectivity index is 2.34. The number of hydrogen-bond donors (Lipinski definition) is 1. The molecule has 0 saturated carbocycles. The Labute approximate surface area is 95.7 Å². The lowest BCUT2D eigenvalue weighted by atomic mass is 10.2. The molecule has 6 heteroatoms. The second-order valence-corrected chi connectivity index (χ2v) is 3.74. The number of halogens is 3. The smallest absolute Gasteiger partial charge is 0.194 e. The van der Waals surface area contributed by atoms with Crippen LogP contribution in [0.3, 0.4) is 0 Å². The maximum Gasteiger partial charge on any atom is 0.194 e. The molecule has 0 fully saturated rings. The summed E-state index contributed by atoms with van der Waals surface area (Å²) in [5, 5.41) is 3.95. The summed E-state index contributed by atoms with van der Waals surface area (Å²) in [7, 11) is 0. The average Bonchev–Trinajstić information content (AvgIpc) is 2.58. The number of rotatable bonds is 2. The number of nitrogens with two attached hydrogens (primary N) is 1. The standard InChI is InChI=1S/C11H10F3N3/c1-6-4-16-17(11(6)15)5-7-2-8(12)10(14)9(13)3-7/h2-4H,5,15H2,1H3. The lowest BCUT2D eigenvalue weighted by molar-refractivity contribution is 0.444. The van der Waals surface area contributed by atoms with Gasteiger partial charge in [-0.3, -0.25) is 0 Å². The summed E-state index contributed by atoms with van der Waals surface area (Å²) in [6, 6.07) is 1.85. The van der Waals surface area contributed by atoms with Gasteiger partial charge >= 0.3 is 0 Å². The average molecular weight is 241 g/mol. The molecule has 0 unspecified atom stereocenters. The highest BCUT2D eigenvalue weighted by Crippen LogP contribution is 2.16. The van der Waals surface area contributed by atoms with Crippen molar-refractivity contribution >= 4 is 5.82 Å². The van der Waals surface area contributed by atoms with Gasteiger partial charge in [-0.2, -0.15) is 5.10 Å². The van der Waals surface area contributed by atoms with E-state index in [1.165, 1.54) is 4.68 Å². The molecule has 1 heterocycles. The van der Waals surface area contributed by atoms with Gasteiger partial charge in [0.15, 0.2) is 17.5 Å². The van der Waals surface area contributed by atoms with Crippen LogP contribution < -0.4 is 5.73 Å². The fourth-order valence-corrected chi connectivity index (χ4v) is 1.49. The third kappa shape index (κ3) is 2.11. The van der Waals surface area contributed by atoms with Crippen LogP contribution in [0.5, 0.6) is 0 Å². The van der Waals surface area contributed by atoms with Crippen molar-refractivity contribution in [1.29, 1.82) is 0 Å². The van der Waals surface area contributed by atoms with Crippen molar-refractivity contribution in [3.05, 3.63) is 46.9 Å². The summed E-state index contributed by atoms with van der Waals surface area (Å²) in [6.45, 7) is 1.86. The summed E-state index contributed by atoms with van der Waals surface area (Å²) < 4.78 is 40.1. The molecule has 17 heavy (non-hydrogen) atoms. The van der Waals surface area contributed by atoms with Crippen molar-refractivity contribution in [3.63, 3.8) is 0 Å². The summed E-state index contributed by atoms with van der Waals surface area (Å²) in [6.07, 6.45) is 1.55. The van der Waals surface area contributed by atoms with E-state index >= 15 is 0 Å². The first kappa shape index (κ1) is 11.5. The number of benzene rings is 1. The molecule has 0 spiro atoms. The molecule has 0 atom stereocenters. The molecule has 0 saturated heterocycles. The Hall–Kier alpha value is -1.98. The molecule has 3 nitrogen and oxygen atoms in total. The first-order valence-corrected chi connectivity index (χ1v) is 4.90. The predicted octanol–water partition coefficient (Wildman–Crippen LogP) is 2.24. The highest BCUT2D eigenvalue weighted by atomic mass is 19.2. The first-order valence-electron chi connectivity index (χ1n) is 4.90. The van der Waals surface area contributed by atoms with Crippen LogP contribution in [0.1, 0.15) is 11.1 Å². The summed E-state index contributed by atoms with van der Waals surface area (Å²) in [5.41, 5.74) is 6.73. The van der Waals surface area contributed by atoms with E-state index in [2.05, 4.69) is 5.10 Å². The zero-order valence-electron chi connectivity index (χ0n) is 9.04. The topological polar surface area (TPSA) is 43.8 Å². The normalized spacial score (nSPS) is 10.8. The lowest BCUT2D eigenvalue weighted by Crippen LogP contribution is -2.07. The monoisotopic (exact) mass is 241 g/mol. The van der Waals surface area contributed by atoms with Gasteiger partial charge in [-0.25, -0.2) is 17.9 Å². The van der Waals surface area contributed by atoms with Crippen molar-refractivity contribution in [2.45, 2.75) is 13.5 Å². The Morgan fingerprint density at radius 3 is 2.29 bits per heavy atom. The van der Waals surface area contributed by atoms with Crippen LogP contribution in [0.2, 0.25) is 0 Å². The zero-order valence-corrected chi connectivity index (χ0v) is 9.04. The van der Waals surface area contributed by atoms with Gasteiger partial charge in [-0.15, -0.1) is 0 Å². The summed E-state index contributed by atoms with van der Waals surface area (Å²) in [4.78, 5) is 0. The number of aromatic nitrogens is 2. The maximum absolute atomic E-state index is 13.0. The number of nitrogens with zero attached hydrogens (tertiary/aromatic N) is 2. The molecule has 2 rings (SSSR count). The molecule has 2 aromatic rings. The second-order valence-electron chi connectivity index (χ2n) is 3.74. The molecular weight excluding hydrogens is 231 g/mol. The predicted molar refractivity (Wildman–Crippen MR) is 56.8 cm³/mol. The van der Waals surface area contributed by atoms with Gasteiger partial charge in [-0.05, 0) is 24.6 Å². The Bertz CT molecular complexity index is 540. The summed E-state index contributed by atoms with van der Waals surface area (Å²) >= 11 is 0. The van der Waals surface area contributed by atoms with Crippen LogP contribution in [0.4, 0.5) is 19.0 Å². The van der Waals surface area contributed by atoms with E-state index in [4.69, 9.17) is 5.73 Å². The molecule has 0 amide bonds. The molecule has 90 valence electrons. The summed E-state index contributed by atoms with van der Waals surface area (Å²) in [5.74, 6) is -3.50. The second kappa shape index (κ2) is 4.12. The van der Waals surface area contributed by atoms with E-state index in [1.807, 2.05) is 0 Å². The van der Waals surface area contributed by atoms with Crippen LogP contribution in [-0.2, 0) is 6.54 Å². The molecule has 1 aromatic carbocycles. The Morgan fingerprint density at radius 1 is 1.24 bits per heavy atom. The highest BCUT2D eigenvalue weighted by molar-refractivity contribution is 5.38. The number of aryl methyl sites for hydroxylation is 1. The van der Waals surface area contributed by atoms with Crippen molar-refractivity contribution in [3.8, 4) is 0 Å². The Morgan fingerprint density at radius 2 is 1.82 bits per heavy atom. The Kier molecular flexibility index (Phi) is 2.79. The quantitative estimate of drug-likeness (QED) is 0.819. The molecule has 0 aliphatic rings. The lowest BCUT2D eigenvalue weighted by Gasteiger charge is -2.06. The van der Waals surface area contributed by atoms with Gasteiger partial charge in [0.25, 0.3) is 0 Å². The number of anilines is 1. The molecule has 0 bridgehead atoms. The third-order valence-corrected chi connectivity index (χ3v) is 2.45. The van der Waals surface area contributed by atoms with Crippen LogP contribution in [0, 0.1) is 24.4 Å². The minimum atomic E-state index is -1.47. The maximum atomic E-state index is 13.0. The van der Waals surface area contributed by atoms with E-state index in [1.54, 1.807) is 13.1 Å². The van der Waals surface area contributed by atoms with Crippen molar-refractivity contribution in [1.82, 2.24) is 9.78 Å². The van der Waals surface area contributed by atoms with Crippen LogP contribution in [-0.4, -0.2) is 9.78 Å². The van der Waals surface area contributed by atoms with Gasteiger partial charge in [-0.1, -0.05) is 0 Å². The van der Waals surface area contributed by atoms with E-state index in [0.717, 1.165) is 17.7 Å². The van der Waals surface area contributed by atoms with Gasteiger partial charge in [0, 0.05) is 5.56 Å². The highest BCUT2D eigenvalue weighted by Gasteiger charge is 2.12. The largest absolute Gasteiger partial charge is 0.384 e. The molecular formula is C11H10F3N3. The molecule has 0 aliphatic carbocycles. The van der Waals surface area contributed by atoms with Crippen molar-refractivity contribution in [2.24, 2.45) is 0 Å². The van der Waals surface area contributed by atoms with Gasteiger partial charge < -0.3 is 5.73 Å². The van der Waals surface area contributed by atoms with Gasteiger partial charge in [0.1, 0.15) is 5.82 Å². The zero-order chi connectivity index (χ0) is 12.6. The fourth-order valence-electron chi connectivity index (χ4n) is 1.49. The minimum Gasteiger partial charge on any atom is -0.384 e. The molecule has 2 N–H and O–H groups in total. The van der Waals surface area contributed by atoms with E-state index in [-0.39, 0.29) is 12.1 Å². The number of hydrogen-bond acceptors (Lipinski definition) is 2. The molecule has 1 aromatic heterocycles. The SMILES string of the molecule is Cc1cnn(Cc2cc(F)c(F)c(F)c2)c1N. The van der Waals surface area contributed by atoms with Crippen molar-refractivity contribution < 1.29 is 13.2 Å². The first-order chi connectivity index (χ1) is 7.99. The fraction of sp³-hybridized carbons (Fsp3) is 0.182. The third-order valence-electron chi connectivity index (χ3n) is 2.45. The molecule has 0 aliphatic heterocycles. The van der Waals surface area contributed by atoms with Crippen molar-refractivity contribution in [2.75, 3.05) is 5.73 Å². The number of nitrogen functional groups attached to an aromatic ring is 1.